The average molecular weight is 437 g/mol. The van der Waals surface area contributed by atoms with Crippen LogP contribution in [0.5, 0.6) is 0 Å². The zero-order valence-corrected chi connectivity index (χ0v) is 18.6. The summed E-state index contributed by atoms with van der Waals surface area (Å²) < 4.78 is 5.95. The van der Waals surface area contributed by atoms with Gasteiger partial charge in [-0.2, -0.15) is 15.1 Å². The Morgan fingerprint density at radius 1 is 1.34 bits per heavy atom. The van der Waals surface area contributed by atoms with Gasteiger partial charge >= 0.3 is 5.95 Å². The summed E-state index contributed by atoms with van der Waals surface area (Å²) in [7, 11) is 0. The lowest BCUT2D eigenvalue weighted by atomic mass is 10.1. The predicted octanol–water partition coefficient (Wildman–Crippen LogP) is 3.30. The Morgan fingerprint density at radius 3 is 2.94 bits per heavy atom. The molecule has 32 heavy (non-hydrogen) atoms. The lowest BCUT2D eigenvalue weighted by molar-refractivity contribution is -0.122. The largest absolute Gasteiger partial charge is 0.463 e. The van der Waals surface area contributed by atoms with E-state index < -0.39 is 0 Å². The molecule has 0 bridgehead atoms. The predicted molar refractivity (Wildman–Crippen MR) is 121 cm³/mol. The highest BCUT2D eigenvalue weighted by Gasteiger charge is 2.50. The van der Waals surface area contributed by atoms with E-state index in [1.54, 1.807) is 6.26 Å². The van der Waals surface area contributed by atoms with Gasteiger partial charge in [-0.15, -0.1) is 0 Å². The van der Waals surface area contributed by atoms with E-state index in [2.05, 4.69) is 29.4 Å². The summed E-state index contributed by atoms with van der Waals surface area (Å²) in [4.78, 5) is 22.5. The van der Waals surface area contributed by atoms with Crippen molar-refractivity contribution < 1.29 is 9.21 Å². The molecule has 2 atom stereocenters. The molecule has 1 amide bonds. The number of hydrogen-bond acceptors (Lipinski definition) is 6. The van der Waals surface area contributed by atoms with Gasteiger partial charge in [-0.25, -0.2) is 4.48 Å². The Bertz CT molecular complexity index is 1120. The number of amides is 1. The van der Waals surface area contributed by atoms with Gasteiger partial charge in [0.25, 0.3) is 5.91 Å². The van der Waals surface area contributed by atoms with Crippen molar-refractivity contribution in [3.8, 4) is 0 Å². The monoisotopic (exact) mass is 436 g/mol. The molecule has 1 aliphatic carbocycles. The number of aryl methyl sites for hydroxylation is 1. The molecule has 1 saturated heterocycles. The van der Waals surface area contributed by atoms with Crippen molar-refractivity contribution in [1.82, 2.24) is 24.6 Å². The summed E-state index contributed by atoms with van der Waals surface area (Å²) in [5.74, 6) is 2.97. The van der Waals surface area contributed by atoms with E-state index >= 15 is 0 Å². The number of fused-ring (bicyclic) bond motifs is 1. The number of carbonyl (C=O) groups excluding carboxylic acids is 1. The fourth-order valence-corrected chi connectivity index (χ4v) is 5.08. The van der Waals surface area contributed by atoms with Gasteiger partial charge in [-0.1, -0.05) is 13.8 Å². The number of H-pyrrole nitrogens is 1. The first-order valence-electron chi connectivity index (χ1n) is 11.4. The van der Waals surface area contributed by atoms with Crippen molar-refractivity contribution in [2.45, 2.75) is 64.5 Å². The summed E-state index contributed by atoms with van der Waals surface area (Å²) in [6, 6.07) is 5.43. The lowest BCUT2D eigenvalue weighted by Crippen LogP contribution is -2.58. The molecular weight excluding hydrogens is 406 g/mol. The number of nitrogens with one attached hydrogen (secondary N) is 2. The SMILES string of the molecule is CC(C)c1cc(Nc2nc([N+]3(Cc4ccco4)CCCC3C(N)=O)nc3c2CCC3)n[nH]1. The van der Waals surface area contributed by atoms with Crippen LogP contribution in [0.2, 0.25) is 0 Å². The summed E-state index contributed by atoms with van der Waals surface area (Å²) in [6.07, 6.45) is 6.13. The number of rotatable bonds is 7. The van der Waals surface area contributed by atoms with Crippen LogP contribution in [0.1, 0.15) is 61.7 Å². The minimum absolute atomic E-state index is 0.294. The number of quaternary nitrogens is 1. The molecule has 4 heterocycles. The molecule has 2 unspecified atom stereocenters. The van der Waals surface area contributed by atoms with Crippen molar-refractivity contribution in [2.75, 3.05) is 11.9 Å². The molecule has 0 spiro atoms. The zero-order valence-electron chi connectivity index (χ0n) is 18.6. The third-order valence-corrected chi connectivity index (χ3v) is 6.76. The molecule has 3 aromatic rings. The highest BCUT2D eigenvalue weighted by atomic mass is 16.3. The standard InChI is InChI=1S/C23H29N7O2/c1-14(2)18-12-20(29-28-18)26-22-16-7-3-8-17(16)25-23(27-22)30(13-15-6-5-11-32-15)10-4-9-19(30)21(24)31/h5-6,11-12,14,19H,3-4,7-10,13H2,1-2H3,(H3-,24,25,26,27,28,29,31)/p+1. The molecule has 4 N–H and O–H groups in total. The molecule has 1 fully saturated rings. The fourth-order valence-electron chi connectivity index (χ4n) is 5.08. The Labute approximate surface area is 187 Å². The Balaban J connectivity index is 1.59. The van der Waals surface area contributed by atoms with E-state index in [1.165, 1.54) is 0 Å². The molecule has 9 nitrogen and oxygen atoms in total. The van der Waals surface area contributed by atoms with Gasteiger partial charge in [-0.3, -0.25) is 9.89 Å². The van der Waals surface area contributed by atoms with Gasteiger partial charge in [0.05, 0.1) is 18.5 Å². The Kier molecular flexibility index (Phi) is 5.21. The highest BCUT2D eigenvalue weighted by molar-refractivity contribution is 5.82. The molecule has 168 valence electrons. The van der Waals surface area contributed by atoms with Crippen LogP contribution in [0.15, 0.2) is 28.9 Å². The van der Waals surface area contributed by atoms with Crippen LogP contribution in [0.25, 0.3) is 0 Å². The van der Waals surface area contributed by atoms with Crippen LogP contribution >= 0.6 is 0 Å². The zero-order chi connectivity index (χ0) is 22.3. The second-order valence-corrected chi connectivity index (χ2v) is 9.19. The number of aromatic nitrogens is 4. The van der Waals surface area contributed by atoms with Crippen molar-refractivity contribution in [3.63, 3.8) is 0 Å². The second kappa shape index (κ2) is 8.05. The maximum absolute atomic E-state index is 12.5. The van der Waals surface area contributed by atoms with Crippen LogP contribution in [0, 0.1) is 0 Å². The number of likely N-dealkylation sites (tertiary alicyclic amines) is 1. The van der Waals surface area contributed by atoms with Crippen LogP contribution in [-0.4, -0.2) is 38.7 Å². The van der Waals surface area contributed by atoms with Crippen molar-refractivity contribution in [1.29, 1.82) is 0 Å². The first-order chi connectivity index (χ1) is 15.5. The minimum atomic E-state index is -0.384. The number of nitrogens with zero attached hydrogens (tertiary/aromatic N) is 4. The molecule has 5 rings (SSSR count). The molecule has 0 saturated carbocycles. The molecule has 0 radical (unpaired) electrons. The molecule has 9 heteroatoms. The highest BCUT2D eigenvalue weighted by Crippen LogP contribution is 2.38. The van der Waals surface area contributed by atoms with Crippen LogP contribution < -0.4 is 15.5 Å². The Hall–Kier alpha value is -3.20. The average Bonchev–Trinajstić information content (AvgIpc) is 3.55. The number of hydrogen-bond donors (Lipinski definition) is 3. The van der Waals surface area contributed by atoms with Crippen LogP contribution in [-0.2, 0) is 24.2 Å². The maximum Gasteiger partial charge on any atom is 0.332 e. The minimum Gasteiger partial charge on any atom is -0.463 e. The van der Waals surface area contributed by atoms with Crippen molar-refractivity contribution in [3.05, 3.63) is 47.2 Å². The number of carbonyl (C=O) groups is 1. The molecular formula is C23H30N7O2+. The third kappa shape index (κ3) is 3.56. The number of primary amides is 1. The third-order valence-electron chi connectivity index (χ3n) is 6.76. The lowest BCUT2D eigenvalue weighted by Gasteiger charge is -2.35. The number of aromatic amines is 1. The molecule has 0 aromatic carbocycles. The quantitative estimate of drug-likeness (QED) is 0.488. The Morgan fingerprint density at radius 2 is 2.22 bits per heavy atom. The van der Waals surface area contributed by atoms with Crippen LogP contribution in [0.4, 0.5) is 17.6 Å². The van der Waals surface area contributed by atoms with Gasteiger partial charge in [0, 0.05) is 30.2 Å². The van der Waals surface area contributed by atoms with Crippen LogP contribution in [0.3, 0.4) is 0 Å². The smallest absolute Gasteiger partial charge is 0.332 e. The molecule has 2 aliphatic rings. The van der Waals surface area contributed by atoms with E-state index in [1.807, 2.05) is 18.2 Å². The van der Waals surface area contributed by atoms with Gasteiger partial charge in [0.2, 0.25) is 0 Å². The molecule has 1 aliphatic heterocycles. The first-order valence-corrected chi connectivity index (χ1v) is 11.4. The van der Waals surface area contributed by atoms with Gasteiger partial charge in [-0.05, 0) is 37.3 Å². The summed E-state index contributed by atoms with van der Waals surface area (Å²) >= 11 is 0. The van der Waals surface area contributed by atoms with E-state index in [0.717, 1.165) is 73.0 Å². The van der Waals surface area contributed by atoms with Crippen molar-refractivity contribution in [2.24, 2.45) is 5.73 Å². The summed E-state index contributed by atoms with van der Waals surface area (Å²) in [6.45, 7) is 5.49. The summed E-state index contributed by atoms with van der Waals surface area (Å²) in [5.41, 5.74) is 9.12. The van der Waals surface area contributed by atoms with Gasteiger partial charge in [0.1, 0.15) is 12.4 Å². The fraction of sp³-hybridized carbons (Fsp3) is 0.478. The maximum atomic E-state index is 12.5. The topological polar surface area (TPSA) is 123 Å². The van der Waals surface area contributed by atoms with E-state index in [0.29, 0.717) is 22.9 Å². The number of furan rings is 1. The second-order valence-electron chi connectivity index (χ2n) is 9.19. The normalized spacial score (nSPS) is 22.4. The first kappa shape index (κ1) is 20.7. The summed E-state index contributed by atoms with van der Waals surface area (Å²) in [5, 5.41) is 10.9. The van der Waals surface area contributed by atoms with Gasteiger partial charge < -0.3 is 15.5 Å². The number of nitrogens with two attached hydrogens (primary N) is 1. The van der Waals surface area contributed by atoms with E-state index in [-0.39, 0.29) is 11.9 Å². The van der Waals surface area contributed by atoms with Crippen molar-refractivity contribution >= 4 is 23.5 Å². The van der Waals surface area contributed by atoms with E-state index in [4.69, 9.17) is 20.1 Å². The number of anilines is 2. The van der Waals surface area contributed by atoms with Gasteiger partial charge in [0.15, 0.2) is 17.6 Å². The molecule has 3 aromatic heterocycles. The van der Waals surface area contributed by atoms with E-state index in [9.17, 15) is 4.79 Å².